The van der Waals surface area contributed by atoms with Crippen molar-refractivity contribution in [3.63, 3.8) is 0 Å². The molecule has 6 rings (SSSR count). The van der Waals surface area contributed by atoms with Gasteiger partial charge in [-0.2, -0.15) is 0 Å². The number of aromatic nitrogens is 4. The number of nitrogens with zero attached hydrogens (tertiary/aromatic N) is 4. The molecule has 2 heterocycles. The second-order valence-electron chi connectivity index (χ2n) is 10.1. The van der Waals surface area contributed by atoms with Crippen LogP contribution in [0.3, 0.4) is 0 Å². The van der Waals surface area contributed by atoms with Crippen LogP contribution in [-0.4, -0.2) is 22.3 Å². The van der Waals surface area contributed by atoms with Crippen molar-refractivity contribution in [3.8, 4) is 11.5 Å². The molecule has 0 amide bonds. The molecule has 0 aliphatic rings. The molecule has 6 heteroatoms. The summed E-state index contributed by atoms with van der Waals surface area (Å²) in [5.41, 5.74) is 4.75. The topological polar surface area (TPSA) is 36.1 Å². The van der Waals surface area contributed by atoms with Crippen molar-refractivity contribution >= 4 is 32.8 Å². The molecule has 204 valence electrons. The Labute approximate surface area is 235 Å². The van der Waals surface area contributed by atoms with Crippen LogP contribution in [0.4, 0.5) is 0 Å². The summed E-state index contributed by atoms with van der Waals surface area (Å²) in [6.45, 7) is 8.71. The highest BCUT2D eigenvalue weighted by Crippen LogP contribution is 2.32. The number of hydrogen-bond donors (Lipinski definition) is 0. The van der Waals surface area contributed by atoms with Crippen molar-refractivity contribution in [2.24, 2.45) is 0 Å². The van der Waals surface area contributed by atoms with Gasteiger partial charge in [-0.3, -0.25) is 0 Å². The quantitative estimate of drug-likeness (QED) is 0.145. The average molecular weight is 533 g/mol. The third-order valence-corrected chi connectivity index (χ3v) is 7.26. The highest BCUT2D eigenvalue weighted by Gasteiger charge is 2.12. The third kappa shape index (κ3) is 5.26. The van der Waals surface area contributed by atoms with Gasteiger partial charge in [0.05, 0.1) is 13.1 Å². The number of fused-ring (bicyclic) bond motifs is 3. The van der Waals surface area contributed by atoms with Crippen molar-refractivity contribution in [3.05, 3.63) is 97.6 Å². The standard InChI is InChI=1S/C34H36N4O2/c1-3-17-35-25-37(31-15-9-7-13-29(31)35)19-21-39-33-23-27-11-5-6-12-28(27)24-34(33)40-22-20-38-26-36(18-4-2)30-14-8-10-16-32(30)38/h5-16,23-24H,3-4,17-22H2,1-2H3. The van der Waals surface area contributed by atoms with Crippen LogP contribution < -0.4 is 18.6 Å². The van der Waals surface area contributed by atoms with Crippen LogP contribution in [-0.2, 0) is 26.2 Å². The molecular weight excluding hydrogens is 496 g/mol. The van der Waals surface area contributed by atoms with Gasteiger partial charge in [0.2, 0.25) is 12.7 Å². The van der Waals surface area contributed by atoms with Gasteiger partial charge >= 0.3 is 0 Å². The van der Waals surface area contributed by atoms with E-state index in [0.29, 0.717) is 26.3 Å². The van der Waals surface area contributed by atoms with Crippen LogP contribution in [0.1, 0.15) is 26.7 Å². The molecule has 0 aliphatic carbocycles. The fraction of sp³-hybridized carbons (Fsp3) is 0.294. The zero-order valence-electron chi connectivity index (χ0n) is 23.3. The Balaban J connectivity index is 1.20. The number of rotatable bonds is 12. The minimum Gasteiger partial charge on any atom is -0.486 e. The van der Waals surface area contributed by atoms with Gasteiger partial charge in [0, 0.05) is 22.1 Å². The van der Waals surface area contributed by atoms with E-state index in [2.05, 4.69) is 130 Å². The van der Waals surface area contributed by atoms with Gasteiger partial charge in [0.1, 0.15) is 26.3 Å². The van der Waals surface area contributed by atoms with E-state index >= 15 is 0 Å². The third-order valence-electron chi connectivity index (χ3n) is 7.26. The summed E-state index contributed by atoms with van der Waals surface area (Å²) in [6, 6.07) is 29.4. The van der Waals surface area contributed by atoms with Gasteiger partial charge in [-0.05, 0) is 35.7 Å². The van der Waals surface area contributed by atoms with Crippen molar-refractivity contribution in [1.82, 2.24) is 9.13 Å². The lowest BCUT2D eigenvalue weighted by Gasteiger charge is -2.15. The Hall–Kier alpha value is -4.32. The molecule has 4 aromatic carbocycles. The van der Waals surface area contributed by atoms with E-state index in [4.69, 9.17) is 9.47 Å². The monoisotopic (exact) mass is 532 g/mol. The smallest absolute Gasteiger partial charge is 0.205 e. The Morgan fingerprint density at radius 1 is 0.600 bits per heavy atom. The Morgan fingerprint density at radius 3 is 1.48 bits per heavy atom. The zero-order chi connectivity index (χ0) is 27.3. The lowest BCUT2D eigenvalue weighted by atomic mass is 10.1. The molecule has 6 aromatic rings. The van der Waals surface area contributed by atoms with Crippen LogP contribution >= 0.6 is 0 Å². The molecule has 0 radical (unpaired) electrons. The molecule has 0 fully saturated rings. The van der Waals surface area contributed by atoms with Gasteiger partial charge in [-0.1, -0.05) is 86.6 Å². The zero-order valence-corrected chi connectivity index (χ0v) is 23.3. The minimum absolute atomic E-state index is 0.517. The Bertz CT molecular complexity index is 1620. The lowest BCUT2D eigenvalue weighted by Crippen LogP contribution is -2.36. The summed E-state index contributed by atoms with van der Waals surface area (Å²) >= 11 is 0. The first-order valence-electron chi connectivity index (χ1n) is 14.3. The lowest BCUT2D eigenvalue weighted by molar-refractivity contribution is -0.677. The maximum Gasteiger partial charge on any atom is 0.205 e. The molecule has 0 spiro atoms. The van der Waals surface area contributed by atoms with Crippen LogP contribution in [0, 0.1) is 12.7 Å². The molecule has 0 atom stereocenters. The molecular formula is C34H36N4O2. The van der Waals surface area contributed by atoms with Gasteiger partial charge in [0.25, 0.3) is 0 Å². The Morgan fingerprint density at radius 2 is 1.02 bits per heavy atom. The summed E-state index contributed by atoms with van der Waals surface area (Å²) in [5, 5.41) is 2.27. The fourth-order valence-electron chi connectivity index (χ4n) is 5.40. The normalized spacial score (nSPS) is 11.6. The van der Waals surface area contributed by atoms with E-state index in [1.807, 2.05) is 0 Å². The Kier molecular flexibility index (Phi) is 7.67. The van der Waals surface area contributed by atoms with E-state index < -0.39 is 0 Å². The van der Waals surface area contributed by atoms with Crippen LogP contribution in [0.15, 0.2) is 84.9 Å². The first-order chi connectivity index (χ1) is 19.7. The SMILES string of the molecule is CCCn1[c-][n+](CCOc2cc3ccccc3cc2OCC[n+]2[c-]n(CCC)c3ccccc32)c2ccccc21. The van der Waals surface area contributed by atoms with Crippen molar-refractivity contribution in [2.75, 3.05) is 13.2 Å². The van der Waals surface area contributed by atoms with Crippen LogP contribution in [0.5, 0.6) is 11.5 Å². The van der Waals surface area contributed by atoms with Gasteiger partial charge in [-0.15, -0.1) is 0 Å². The summed E-state index contributed by atoms with van der Waals surface area (Å²) in [5.74, 6) is 1.53. The predicted octanol–water partition coefficient (Wildman–Crippen LogP) is 5.90. The second kappa shape index (κ2) is 11.8. The van der Waals surface area contributed by atoms with Gasteiger partial charge < -0.3 is 27.7 Å². The fourth-order valence-corrected chi connectivity index (χ4v) is 5.40. The first kappa shape index (κ1) is 25.9. The summed E-state index contributed by atoms with van der Waals surface area (Å²) in [6.07, 6.45) is 9.16. The van der Waals surface area contributed by atoms with Gasteiger partial charge in [0.15, 0.2) is 11.5 Å². The van der Waals surface area contributed by atoms with E-state index in [1.54, 1.807) is 0 Å². The summed E-state index contributed by atoms with van der Waals surface area (Å²) in [4.78, 5) is 0. The van der Waals surface area contributed by atoms with E-state index in [9.17, 15) is 0 Å². The summed E-state index contributed by atoms with van der Waals surface area (Å²) < 4.78 is 21.5. The van der Waals surface area contributed by atoms with Crippen LogP contribution in [0.2, 0.25) is 0 Å². The average Bonchev–Trinajstić information content (AvgIpc) is 3.51. The number of benzene rings is 4. The van der Waals surface area contributed by atoms with E-state index in [1.165, 1.54) is 22.1 Å². The largest absolute Gasteiger partial charge is 0.486 e. The van der Waals surface area contributed by atoms with Crippen LogP contribution in [0.25, 0.3) is 32.8 Å². The highest BCUT2D eigenvalue weighted by molar-refractivity contribution is 5.86. The number of imidazole rings is 2. The molecule has 0 saturated heterocycles. The summed E-state index contributed by atoms with van der Waals surface area (Å²) in [7, 11) is 0. The number of para-hydroxylation sites is 4. The molecule has 40 heavy (non-hydrogen) atoms. The van der Waals surface area contributed by atoms with Crippen molar-refractivity contribution in [1.29, 1.82) is 0 Å². The number of hydrogen-bond acceptors (Lipinski definition) is 2. The maximum atomic E-state index is 6.38. The molecule has 0 aliphatic heterocycles. The van der Waals surface area contributed by atoms with E-state index in [-0.39, 0.29) is 0 Å². The van der Waals surface area contributed by atoms with Crippen molar-refractivity contribution < 1.29 is 18.6 Å². The number of aryl methyl sites for hydroxylation is 2. The first-order valence-corrected chi connectivity index (χ1v) is 14.3. The van der Waals surface area contributed by atoms with E-state index in [0.717, 1.165) is 48.2 Å². The highest BCUT2D eigenvalue weighted by atomic mass is 16.5. The van der Waals surface area contributed by atoms with Gasteiger partial charge in [-0.25, -0.2) is 0 Å². The number of ether oxygens (including phenoxy) is 2. The van der Waals surface area contributed by atoms with Crippen molar-refractivity contribution in [2.45, 2.75) is 52.9 Å². The molecule has 6 nitrogen and oxygen atoms in total. The molecule has 0 unspecified atom stereocenters. The predicted molar refractivity (Wildman–Crippen MR) is 157 cm³/mol. The molecule has 0 saturated carbocycles. The minimum atomic E-state index is 0.517. The molecule has 2 aromatic heterocycles. The maximum absolute atomic E-state index is 6.38. The molecule has 0 N–H and O–H groups in total. The molecule has 0 bridgehead atoms. The second-order valence-corrected chi connectivity index (χ2v) is 10.1.